The molecule has 0 bridgehead atoms. The van der Waals surface area contributed by atoms with Crippen molar-refractivity contribution in [3.63, 3.8) is 0 Å². The number of rotatable bonds is 4. The van der Waals surface area contributed by atoms with Gasteiger partial charge in [-0.1, -0.05) is 0 Å². The molecule has 0 N–H and O–H groups in total. The van der Waals surface area contributed by atoms with Crippen molar-refractivity contribution in [3.05, 3.63) is 79.2 Å². The zero-order valence-corrected chi connectivity index (χ0v) is 24.5. The molecule has 0 spiro atoms. The zero-order chi connectivity index (χ0) is 23.5. The van der Waals surface area contributed by atoms with Crippen molar-refractivity contribution in [2.45, 2.75) is 82.7 Å². The van der Waals surface area contributed by atoms with Crippen molar-refractivity contribution < 1.29 is 16.6 Å². The fraction of sp³-hybridized carbons (Fsp3) is 0.448. The van der Waals surface area contributed by atoms with E-state index in [4.69, 9.17) is 0 Å². The molecular formula is C29H42SiTi. The summed E-state index contributed by atoms with van der Waals surface area (Å²) in [6.07, 6.45) is 0. The second-order valence-electron chi connectivity index (χ2n) is 11.4. The third-order valence-corrected chi connectivity index (χ3v) is 18.0. The van der Waals surface area contributed by atoms with Gasteiger partial charge in [-0.15, -0.1) is 0 Å². The molecule has 2 aromatic rings. The Balaban J connectivity index is 2.55. The van der Waals surface area contributed by atoms with Gasteiger partial charge in [0.05, 0.1) is 0 Å². The van der Waals surface area contributed by atoms with E-state index in [-0.39, 0.29) is 5.04 Å². The molecule has 2 unspecified atom stereocenters. The predicted molar refractivity (Wildman–Crippen MR) is 140 cm³/mol. The standard InChI is InChI=1S/C26H33Si.3CH3.Ti/c1-17-10-11-20(4)25(15-17)27(9,24-13-18(2)12-19(3)14-24)26(8)16-21(5)22(6)23(26)7;;;;/h10-15H,1-9H3;3*1H3;. The molecule has 1 aliphatic carbocycles. The Kier molecular flexibility index (Phi) is 6.33. The van der Waals surface area contributed by atoms with Gasteiger partial charge in [-0.3, -0.25) is 0 Å². The summed E-state index contributed by atoms with van der Waals surface area (Å²) in [7, 11) is -2.22. The van der Waals surface area contributed by atoms with Crippen molar-refractivity contribution >= 4 is 18.4 Å². The molecule has 1 aliphatic rings. The summed E-state index contributed by atoms with van der Waals surface area (Å²) < 4.78 is 1.83. The molecule has 0 nitrogen and oxygen atoms in total. The molecule has 0 amide bonds. The van der Waals surface area contributed by atoms with E-state index in [1.807, 2.05) is 3.88 Å². The van der Waals surface area contributed by atoms with Gasteiger partial charge >= 0.3 is 197 Å². The first-order valence-corrected chi connectivity index (χ1v) is 19.7. The Bertz CT molecular complexity index is 1090. The van der Waals surface area contributed by atoms with Crippen LogP contribution in [0.15, 0.2) is 57.0 Å². The fourth-order valence-corrected chi connectivity index (χ4v) is 19.5. The summed E-state index contributed by atoms with van der Waals surface area (Å²) in [4.78, 5) is 0. The van der Waals surface area contributed by atoms with E-state index in [1.54, 1.807) is 27.1 Å². The summed E-state index contributed by atoms with van der Waals surface area (Å²) in [5, 5.41) is 11.1. The average Bonchev–Trinajstić information content (AvgIpc) is 2.83. The van der Waals surface area contributed by atoms with Crippen LogP contribution in [0.25, 0.3) is 0 Å². The Morgan fingerprint density at radius 2 is 1.26 bits per heavy atom. The SMILES string of the molecule is CC1=C(C)C(C)([Si](C)(c2cc(C)cc(C)c2)c2cc(C)ccc2C)[C]([Ti]([CH3])([CH3])[CH3])=C1C. The second-order valence-corrected chi connectivity index (χ2v) is 23.6. The number of allylic oxidation sites excluding steroid dienone is 4. The molecule has 0 saturated heterocycles. The van der Waals surface area contributed by atoms with Gasteiger partial charge in [-0.05, 0) is 0 Å². The minimum absolute atomic E-state index is 0.109. The zero-order valence-electron chi connectivity index (χ0n) is 22.0. The van der Waals surface area contributed by atoms with E-state index in [2.05, 4.69) is 114 Å². The molecule has 0 saturated carbocycles. The topological polar surface area (TPSA) is 0 Å². The van der Waals surface area contributed by atoms with Crippen LogP contribution in [0.4, 0.5) is 0 Å². The maximum absolute atomic E-state index is 2.67. The Hall–Kier alpha value is -1.15. The summed E-state index contributed by atoms with van der Waals surface area (Å²) in [5.41, 5.74) is 10.4. The summed E-state index contributed by atoms with van der Waals surface area (Å²) in [6, 6.07) is 14.5. The van der Waals surface area contributed by atoms with Crippen molar-refractivity contribution in [2.24, 2.45) is 0 Å². The van der Waals surface area contributed by atoms with Crippen molar-refractivity contribution in [3.8, 4) is 0 Å². The van der Waals surface area contributed by atoms with Crippen LogP contribution in [-0.4, -0.2) is 8.07 Å². The van der Waals surface area contributed by atoms with E-state index in [1.165, 1.54) is 22.3 Å². The summed E-state index contributed by atoms with van der Waals surface area (Å²) in [5.74, 6) is 0. The predicted octanol–water partition coefficient (Wildman–Crippen LogP) is 7.80. The molecule has 2 atom stereocenters. The molecule has 3 rings (SSSR count). The van der Waals surface area contributed by atoms with Crippen molar-refractivity contribution in [1.82, 2.24) is 0 Å². The summed E-state index contributed by atoms with van der Waals surface area (Å²) >= 11 is -2.16. The Morgan fingerprint density at radius 1 is 0.710 bits per heavy atom. The number of benzene rings is 2. The summed E-state index contributed by atoms with van der Waals surface area (Å²) in [6.45, 7) is 21.7. The van der Waals surface area contributed by atoms with E-state index < -0.39 is 24.7 Å². The molecule has 166 valence electrons. The molecule has 0 fully saturated rings. The number of hydrogen-bond acceptors (Lipinski definition) is 0. The maximum atomic E-state index is 2.67. The van der Waals surface area contributed by atoms with Crippen LogP contribution in [0.1, 0.15) is 49.9 Å². The average molecular weight is 467 g/mol. The molecule has 0 aromatic heterocycles. The number of hydrogen-bond donors (Lipinski definition) is 0. The van der Waals surface area contributed by atoms with Crippen LogP contribution in [-0.2, 0) is 16.6 Å². The fourth-order valence-electron chi connectivity index (χ4n) is 6.60. The monoisotopic (exact) mass is 466 g/mol. The van der Waals surface area contributed by atoms with Crippen LogP contribution in [0.5, 0.6) is 0 Å². The third kappa shape index (κ3) is 3.71. The van der Waals surface area contributed by atoms with Gasteiger partial charge in [0.15, 0.2) is 0 Å². The molecular weight excluding hydrogens is 424 g/mol. The molecule has 31 heavy (non-hydrogen) atoms. The van der Waals surface area contributed by atoms with Gasteiger partial charge in [-0.25, -0.2) is 0 Å². The first-order valence-electron chi connectivity index (χ1n) is 11.7. The Labute approximate surface area is 196 Å². The normalized spacial score (nSPS) is 21.7. The van der Waals surface area contributed by atoms with Crippen LogP contribution >= 0.6 is 0 Å². The van der Waals surface area contributed by atoms with Gasteiger partial charge in [0.2, 0.25) is 0 Å². The first kappa shape index (κ1) is 24.5. The van der Waals surface area contributed by atoms with Crippen LogP contribution < -0.4 is 10.4 Å². The molecule has 0 aliphatic heterocycles. The van der Waals surface area contributed by atoms with Gasteiger partial charge in [0.1, 0.15) is 0 Å². The van der Waals surface area contributed by atoms with Crippen molar-refractivity contribution in [2.75, 3.05) is 0 Å². The van der Waals surface area contributed by atoms with E-state index in [9.17, 15) is 0 Å². The molecule has 2 aromatic carbocycles. The van der Waals surface area contributed by atoms with E-state index in [0.29, 0.717) is 0 Å². The van der Waals surface area contributed by atoms with Gasteiger partial charge in [0.25, 0.3) is 0 Å². The third-order valence-electron chi connectivity index (χ3n) is 8.23. The minimum atomic E-state index is -2.22. The van der Waals surface area contributed by atoms with Gasteiger partial charge in [-0.2, -0.15) is 0 Å². The quantitative estimate of drug-likeness (QED) is 0.403. The Morgan fingerprint density at radius 3 is 1.77 bits per heavy atom. The van der Waals surface area contributed by atoms with Crippen LogP contribution in [0.3, 0.4) is 0 Å². The van der Waals surface area contributed by atoms with Crippen molar-refractivity contribution in [1.29, 1.82) is 0 Å². The molecule has 2 heteroatoms. The van der Waals surface area contributed by atoms with Crippen LogP contribution in [0, 0.1) is 27.7 Å². The molecule has 0 radical (unpaired) electrons. The number of aryl methyl sites for hydroxylation is 4. The van der Waals surface area contributed by atoms with E-state index >= 15 is 0 Å². The second kappa shape index (κ2) is 8.01. The van der Waals surface area contributed by atoms with E-state index in [0.717, 1.165) is 0 Å². The van der Waals surface area contributed by atoms with Crippen LogP contribution in [0.2, 0.25) is 27.3 Å². The van der Waals surface area contributed by atoms with Gasteiger partial charge < -0.3 is 0 Å². The van der Waals surface area contributed by atoms with Gasteiger partial charge in [0, 0.05) is 0 Å². The first-order chi connectivity index (χ1) is 14.2. The molecule has 0 heterocycles.